The monoisotopic (exact) mass is 453 g/mol. The van der Waals surface area contributed by atoms with Gasteiger partial charge in [-0.05, 0) is 18.8 Å². The summed E-state index contributed by atoms with van der Waals surface area (Å²) in [5.41, 5.74) is 0. The zero-order valence-electron chi connectivity index (χ0n) is 21.9. The molecule has 0 aromatic carbocycles. The molecule has 0 radical (unpaired) electrons. The Hall–Kier alpha value is -1.06. The minimum absolute atomic E-state index is 0.0803. The second kappa shape index (κ2) is 21.8. The first-order valence-electron chi connectivity index (χ1n) is 14.0. The number of carbonyl (C=O) groups is 2. The lowest BCUT2D eigenvalue weighted by Crippen LogP contribution is -2.40. The number of carboxylic acids is 1. The van der Waals surface area contributed by atoms with Crippen LogP contribution in [0, 0.1) is 17.8 Å². The normalized spacial score (nSPS) is 14.1. The molecule has 0 spiro atoms. The van der Waals surface area contributed by atoms with Crippen molar-refractivity contribution in [3.05, 3.63) is 0 Å². The fraction of sp³-hybridized carbons (Fsp3) is 0.929. The Balaban J connectivity index is 3.97. The third kappa shape index (κ3) is 15.7. The molecule has 0 bridgehead atoms. The van der Waals surface area contributed by atoms with E-state index >= 15 is 0 Å². The standard InChI is InChI=1S/C28H55NO3/c1-5-8-10-11-12-13-14-15-16-17-18-19-20-21-22-25(7-3)26(28(31)32)24(4)27(30)29-23-9-6-2/h24-26H,5-23H2,1-4H3,(H,29,30)(H,31,32). The van der Waals surface area contributed by atoms with Gasteiger partial charge in [0.05, 0.1) is 5.92 Å². The van der Waals surface area contributed by atoms with Crippen molar-refractivity contribution in [3.63, 3.8) is 0 Å². The van der Waals surface area contributed by atoms with Gasteiger partial charge in [0.1, 0.15) is 0 Å². The summed E-state index contributed by atoms with van der Waals surface area (Å²) in [5.74, 6) is -1.90. The molecule has 32 heavy (non-hydrogen) atoms. The summed E-state index contributed by atoms with van der Waals surface area (Å²) in [6.45, 7) is 8.84. The molecule has 3 atom stereocenters. The highest BCUT2D eigenvalue weighted by atomic mass is 16.4. The molecule has 0 rings (SSSR count). The molecule has 0 heterocycles. The number of hydrogen-bond acceptors (Lipinski definition) is 2. The van der Waals surface area contributed by atoms with E-state index in [-0.39, 0.29) is 11.8 Å². The smallest absolute Gasteiger partial charge is 0.307 e. The zero-order valence-corrected chi connectivity index (χ0v) is 21.9. The number of unbranched alkanes of at least 4 members (excludes halogenated alkanes) is 14. The maximum Gasteiger partial charge on any atom is 0.307 e. The Bertz CT molecular complexity index is 452. The molecule has 3 unspecified atom stereocenters. The maximum atomic E-state index is 12.4. The van der Waals surface area contributed by atoms with Crippen LogP contribution >= 0.6 is 0 Å². The second-order valence-corrected chi connectivity index (χ2v) is 9.85. The largest absolute Gasteiger partial charge is 0.481 e. The molecule has 0 aliphatic heterocycles. The van der Waals surface area contributed by atoms with Gasteiger partial charge < -0.3 is 10.4 Å². The van der Waals surface area contributed by atoms with Crippen LogP contribution in [0.3, 0.4) is 0 Å². The van der Waals surface area contributed by atoms with Crippen molar-refractivity contribution in [1.82, 2.24) is 5.32 Å². The van der Waals surface area contributed by atoms with E-state index in [9.17, 15) is 14.7 Å². The molecule has 2 N–H and O–H groups in total. The summed E-state index contributed by atoms with van der Waals surface area (Å²) in [6.07, 6.45) is 22.3. The highest BCUT2D eigenvalue weighted by Crippen LogP contribution is 2.29. The van der Waals surface area contributed by atoms with Gasteiger partial charge in [0.25, 0.3) is 0 Å². The van der Waals surface area contributed by atoms with E-state index in [1.807, 2.05) is 0 Å². The molecule has 0 fully saturated rings. The number of aliphatic carboxylic acids is 1. The third-order valence-electron chi connectivity index (χ3n) is 7.03. The molecule has 0 aliphatic rings. The van der Waals surface area contributed by atoms with Gasteiger partial charge in [-0.15, -0.1) is 0 Å². The van der Waals surface area contributed by atoms with Crippen molar-refractivity contribution in [2.75, 3.05) is 6.54 Å². The summed E-state index contributed by atoms with van der Waals surface area (Å²) in [7, 11) is 0. The summed E-state index contributed by atoms with van der Waals surface area (Å²) in [5, 5.41) is 12.7. The lowest BCUT2D eigenvalue weighted by Gasteiger charge is -2.27. The quantitative estimate of drug-likeness (QED) is 0.153. The highest BCUT2D eigenvalue weighted by molar-refractivity contribution is 5.84. The van der Waals surface area contributed by atoms with E-state index in [1.165, 1.54) is 83.5 Å². The van der Waals surface area contributed by atoms with Gasteiger partial charge in [-0.25, -0.2) is 0 Å². The summed E-state index contributed by atoms with van der Waals surface area (Å²) in [6, 6.07) is 0. The van der Waals surface area contributed by atoms with Crippen molar-refractivity contribution in [2.45, 2.75) is 143 Å². The van der Waals surface area contributed by atoms with E-state index in [0.29, 0.717) is 6.54 Å². The van der Waals surface area contributed by atoms with Crippen LogP contribution in [0.15, 0.2) is 0 Å². The number of carboxylic acid groups (broad SMARTS) is 1. The van der Waals surface area contributed by atoms with Crippen LogP contribution < -0.4 is 5.32 Å². The first-order chi connectivity index (χ1) is 15.5. The van der Waals surface area contributed by atoms with Gasteiger partial charge in [0.15, 0.2) is 0 Å². The van der Waals surface area contributed by atoms with Crippen molar-refractivity contribution < 1.29 is 14.7 Å². The zero-order chi connectivity index (χ0) is 24.0. The molecule has 1 amide bonds. The Kier molecular flexibility index (Phi) is 21.0. The van der Waals surface area contributed by atoms with Crippen molar-refractivity contribution in [3.8, 4) is 0 Å². The van der Waals surface area contributed by atoms with Crippen LogP contribution in [0.1, 0.15) is 143 Å². The Morgan fingerprint density at radius 1 is 0.688 bits per heavy atom. The van der Waals surface area contributed by atoms with E-state index in [4.69, 9.17) is 0 Å². The first-order valence-corrected chi connectivity index (χ1v) is 14.0. The first kappa shape index (κ1) is 30.9. The number of carbonyl (C=O) groups excluding carboxylic acids is 1. The fourth-order valence-electron chi connectivity index (χ4n) is 4.77. The average molecular weight is 454 g/mol. The lowest BCUT2D eigenvalue weighted by molar-refractivity contribution is -0.149. The van der Waals surface area contributed by atoms with Crippen LogP contribution in [0.4, 0.5) is 0 Å². The van der Waals surface area contributed by atoms with Gasteiger partial charge in [0, 0.05) is 12.5 Å². The Morgan fingerprint density at radius 3 is 1.53 bits per heavy atom. The topological polar surface area (TPSA) is 66.4 Å². The van der Waals surface area contributed by atoms with Crippen LogP contribution in [-0.2, 0) is 9.59 Å². The van der Waals surface area contributed by atoms with Crippen molar-refractivity contribution in [1.29, 1.82) is 0 Å². The number of nitrogens with one attached hydrogen (secondary N) is 1. The maximum absolute atomic E-state index is 12.4. The van der Waals surface area contributed by atoms with Crippen LogP contribution in [-0.4, -0.2) is 23.5 Å². The summed E-state index contributed by atoms with van der Waals surface area (Å²) in [4.78, 5) is 24.4. The van der Waals surface area contributed by atoms with Gasteiger partial charge in [-0.1, -0.05) is 130 Å². The summed E-state index contributed by atoms with van der Waals surface area (Å²) < 4.78 is 0. The molecular formula is C28H55NO3. The van der Waals surface area contributed by atoms with Gasteiger partial charge in [-0.3, -0.25) is 9.59 Å². The molecule has 4 nitrogen and oxygen atoms in total. The fourth-order valence-corrected chi connectivity index (χ4v) is 4.77. The van der Waals surface area contributed by atoms with Gasteiger partial charge >= 0.3 is 5.97 Å². The number of amides is 1. The Labute approximate surface area is 199 Å². The predicted octanol–water partition coefficient (Wildman–Crippen LogP) is 8.14. The van der Waals surface area contributed by atoms with Crippen molar-refractivity contribution in [2.24, 2.45) is 17.8 Å². The van der Waals surface area contributed by atoms with E-state index in [2.05, 4.69) is 26.1 Å². The van der Waals surface area contributed by atoms with Crippen LogP contribution in [0.5, 0.6) is 0 Å². The second-order valence-electron chi connectivity index (χ2n) is 9.85. The third-order valence-corrected chi connectivity index (χ3v) is 7.03. The summed E-state index contributed by atoms with van der Waals surface area (Å²) >= 11 is 0. The predicted molar refractivity (Wildman–Crippen MR) is 137 cm³/mol. The van der Waals surface area contributed by atoms with E-state index in [1.54, 1.807) is 6.92 Å². The average Bonchev–Trinajstić information content (AvgIpc) is 2.77. The lowest BCUT2D eigenvalue weighted by atomic mass is 9.77. The van der Waals surface area contributed by atoms with Gasteiger partial charge in [-0.2, -0.15) is 0 Å². The van der Waals surface area contributed by atoms with Crippen LogP contribution in [0.2, 0.25) is 0 Å². The molecule has 0 saturated carbocycles. The van der Waals surface area contributed by atoms with E-state index < -0.39 is 17.8 Å². The number of rotatable bonds is 23. The van der Waals surface area contributed by atoms with Crippen LogP contribution in [0.25, 0.3) is 0 Å². The Morgan fingerprint density at radius 2 is 1.12 bits per heavy atom. The highest BCUT2D eigenvalue weighted by Gasteiger charge is 2.35. The molecule has 0 aromatic rings. The van der Waals surface area contributed by atoms with E-state index in [0.717, 1.165) is 32.1 Å². The van der Waals surface area contributed by atoms with Gasteiger partial charge in [0.2, 0.25) is 5.91 Å². The SMILES string of the molecule is CCCCCCCCCCCCCCCCC(CC)C(C(=O)O)C(C)C(=O)NCCCC. The molecule has 0 saturated heterocycles. The molecule has 190 valence electrons. The minimum atomic E-state index is -0.819. The molecular weight excluding hydrogens is 398 g/mol. The number of hydrogen-bond donors (Lipinski definition) is 2. The molecule has 0 aromatic heterocycles. The molecule has 0 aliphatic carbocycles. The van der Waals surface area contributed by atoms with Crippen molar-refractivity contribution >= 4 is 11.9 Å². The molecule has 4 heteroatoms. The minimum Gasteiger partial charge on any atom is -0.481 e.